The molecule has 2 N–H and O–H groups in total. The maximum absolute atomic E-state index is 11.5. The Kier molecular flexibility index (Phi) is 4.93. The third kappa shape index (κ3) is 3.39. The lowest BCUT2D eigenvalue weighted by Gasteiger charge is -2.47. The average molecular weight is 323 g/mol. The Balaban J connectivity index is 1.80. The Morgan fingerprint density at radius 1 is 1.30 bits per heavy atom. The summed E-state index contributed by atoms with van der Waals surface area (Å²) >= 11 is 0. The van der Waals surface area contributed by atoms with Crippen molar-refractivity contribution in [2.45, 2.75) is 43.9 Å². The molecule has 0 aliphatic carbocycles. The van der Waals surface area contributed by atoms with E-state index in [0.29, 0.717) is 0 Å². The molecule has 1 amide bonds. The molecule has 0 radical (unpaired) electrons. The molecule has 0 bridgehead atoms. The van der Waals surface area contributed by atoms with E-state index < -0.39 is 36.9 Å². The molecule has 0 saturated carbocycles. The van der Waals surface area contributed by atoms with Crippen LogP contribution in [0.15, 0.2) is 30.3 Å². The Hall–Kier alpha value is -1.51. The zero-order valence-electron chi connectivity index (χ0n) is 13.0. The van der Waals surface area contributed by atoms with E-state index in [2.05, 4.69) is 5.32 Å². The van der Waals surface area contributed by atoms with Crippen LogP contribution >= 0.6 is 0 Å². The van der Waals surface area contributed by atoms with Gasteiger partial charge >= 0.3 is 0 Å². The first-order valence-corrected chi connectivity index (χ1v) is 7.55. The molecule has 0 aromatic heterocycles. The Bertz CT molecular complexity index is 539. The molecule has 6 atom stereocenters. The second-order valence-electron chi connectivity index (χ2n) is 5.67. The second-order valence-corrected chi connectivity index (χ2v) is 5.67. The highest BCUT2D eigenvalue weighted by Gasteiger charge is 2.49. The van der Waals surface area contributed by atoms with E-state index in [9.17, 15) is 9.90 Å². The number of methoxy groups -OCH3 is 1. The van der Waals surface area contributed by atoms with Crippen LogP contribution in [0.2, 0.25) is 0 Å². The number of nitrogens with one attached hydrogen (secondary N) is 1. The minimum atomic E-state index is -1.03. The number of carbonyl (C=O) groups is 1. The van der Waals surface area contributed by atoms with Crippen molar-refractivity contribution in [2.75, 3.05) is 13.7 Å². The molecule has 2 fully saturated rings. The predicted molar refractivity (Wildman–Crippen MR) is 79.3 cm³/mol. The molecule has 1 aromatic rings. The number of amides is 1. The SMILES string of the molecule is CO[C@H]1O[C@@H]2COC(c3ccccc3)O[C@H]2[C@H](NC(C)=O)[C@H]1O. The molecule has 3 rings (SSSR count). The lowest BCUT2D eigenvalue weighted by molar-refractivity contribution is -0.340. The maximum atomic E-state index is 11.5. The second kappa shape index (κ2) is 6.94. The lowest BCUT2D eigenvalue weighted by atomic mass is 9.95. The number of hydrogen-bond acceptors (Lipinski definition) is 6. The van der Waals surface area contributed by atoms with E-state index in [1.165, 1.54) is 14.0 Å². The van der Waals surface area contributed by atoms with Crippen LogP contribution in [0.1, 0.15) is 18.8 Å². The minimum absolute atomic E-state index is 0.254. The predicted octanol–water partition coefficient (Wildman–Crippen LogP) is 0.337. The van der Waals surface area contributed by atoms with E-state index in [-0.39, 0.29) is 12.5 Å². The fourth-order valence-corrected chi connectivity index (χ4v) is 2.98. The number of carbonyl (C=O) groups excluding carboxylic acids is 1. The first kappa shape index (κ1) is 16.4. The molecule has 1 unspecified atom stereocenters. The molecule has 7 nitrogen and oxygen atoms in total. The summed E-state index contributed by atoms with van der Waals surface area (Å²) < 4.78 is 22.5. The number of fused-ring (bicyclic) bond motifs is 1. The van der Waals surface area contributed by atoms with Crippen molar-refractivity contribution in [3.63, 3.8) is 0 Å². The van der Waals surface area contributed by atoms with E-state index in [1.54, 1.807) is 0 Å². The number of aliphatic hydroxyl groups excluding tert-OH is 1. The van der Waals surface area contributed by atoms with Gasteiger partial charge in [0.05, 0.1) is 12.6 Å². The number of aliphatic hydroxyl groups is 1. The summed E-state index contributed by atoms with van der Waals surface area (Å²) in [6.07, 6.45) is -3.39. The van der Waals surface area contributed by atoms with Gasteiger partial charge in [-0.1, -0.05) is 30.3 Å². The first-order valence-electron chi connectivity index (χ1n) is 7.55. The van der Waals surface area contributed by atoms with Gasteiger partial charge in [0.1, 0.15) is 18.3 Å². The van der Waals surface area contributed by atoms with E-state index in [1.807, 2.05) is 30.3 Å². The van der Waals surface area contributed by atoms with Crippen molar-refractivity contribution >= 4 is 5.91 Å². The molecule has 23 heavy (non-hydrogen) atoms. The van der Waals surface area contributed by atoms with E-state index >= 15 is 0 Å². The van der Waals surface area contributed by atoms with Gasteiger partial charge in [-0.15, -0.1) is 0 Å². The minimum Gasteiger partial charge on any atom is -0.386 e. The van der Waals surface area contributed by atoms with Gasteiger partial charge < -0.3 is 29.4 Å². The third-order valence-electron chi connectivity index (χ3n) is 4.04. The number of hydrogen-bond donors (Lipinski definition) is 2. The van der Waals surface area contributed by atoms with Gasteiger partial charge in [-0.05, 0) is 0 Å². The van der Waals surface area contributed by atoms with Crippen LogP contribution in [0, 0.1) is 0 Å². The van der Waals surface area contributed by atoms with E-state index in [0.717, 1.165) is 5.56 Å². The zero-order chi connectivity index (χ0) is 16.4. The Morgan fingerprint density at radius 3 is 2.70 bits per heavy atom. The van der Waals surface area contributed by atoms with Crippen molar-refractivity contribution in [3.05, 3.63) is 35.9 Å². The van der Waals surface area contributed by atoms with Crippen LogP contribution in [0.5, 0.6) is 0 Å². The molecule has 2 aliphatic rings. The standard InChI is InChI=1S/C16H21NO6/c1-9(18)17-12-13(19)16(20-2)22-11-8-21-15(23-14(11)12)10-6-4-3-5-7-10/h3-7,11-16,19H,8H2,1-2H3,(H,17,18)/t11-,12-,13-,14-,15?,16+/m1/s1. The Morgan fingerprint density at radius 2 is 2.04 bits per heavy atom. The monoisotopic (exact) mass is 323 g/mol. The quantitative estimate of drug-likeness (QED) is 0.834. The average Bonchev–Trinajstić information content (AvgIpc) is 2.57. The van der Waals surface area contributed by atoms with Crippen LogP contribution in [-0.2, 0) is 23.7 Å². The van der Waals surface area contributed by atoms with Gasteiger partial charge in [0, 0.05) is 19.6 Å². The van der Waals surface area contributed by atoms with Gasteiger partial charge in [0.2, 0.25) is 5.91 Å². The molecular weight excluding hydrogens is 302 g/mol. The van der Waals surface area contributed by atoms with Crippen molar-refractivity contribution in [1.82, 2.24) is 5.32 Å². The molecule has 126 valence electrons. The normalized spacial score (nSPS) is 37.0. The van der Waals surface area contributed by atoms with Crippen LogP contribution in [0.4, 0.5) is 0 Å². The van der Waals surface area contributed by atoms with Gasteiger partial charge in [0.15, 0.2) is 12.6 Å². The zero-order valence-corrected chi connectivity index (χ0v) is 13.0. The molecule has 2 saturated heterocycles. The summed E-state index contributed by atoms with van der Waals surface area (Å²) in [7, 11) is 1.44. The summed E-state index contributed by atoms with van der Waals surface area (Å²) in [6, 6.07) is 8.87. The van der Waals surface area contributed by atoms with Gasteiger partial charge in [0.25, 0.3) is 0 Å². The molecule has 2 aliphatic heterocycles. The van der Waals surface area contributed by atoms with Crippen molar-refractivity contribution in [1.29, 1.82) is 0 Å². The van der Waals surface area contributed by atoms with Crippen LogP contribution in [-0.4, -0.2) is 55.4 Å². The summed E-state index contributed by atoms with van der Waals surface area (Å²) in [5.74, 6) is -0.254. The third-order valence-corrected chi connectivity index (χ3v) is 4.04. The van der Waals surface area contributed by atoms with E-state index in [4.69, 9.17) is 18.9 Å². The highest BCUT2D eigenvalue weighted by atomic mass is 16.7. The van der Waals surface area contributed by atoms with Crippen LogP contribution in [0.3, 0.4) is 0 Å². The smallest absolute Gasteiger partial charge is 0.217 e. The maximum Gasteiger partial charge on any atom is 0.217 e. The van der Waals surface area contributed by atoms with Gasteiger partial charge in [-0.2, -0.15) is 0 Å². The molecule has 7 heteroatoms. The van der Waals surface area contributed by atoms with Crippen LogP contribution in [0.25, 0.3) is 0 Å². The topological polar surface area (TPSA) is 86.3 Å². The lowest BCUT2D eigenvalue weighted by Crippen LogP contribution is -2.67. The molecule has 2 heterocycles. The highest BCUT2D eigenvalue weighted by Crippen LogP contribution is 2.34. The summed E-state index contributed by atoms with van der Waals surface area (Å²) in [5, 5.41) is 13.1. The number of rotatable bonds is 3. The fourth-order valence-electron chi connectivity index (χ4n) is 2.98. The van der Waals surface area contributed by atoms with Crippen LogP contribution < -0.4 is 5.32 Å². The summed E-state index contributed by atoms with van der Waals surface area (Å²) in [5.41, 5.74) is 0.871. The summed E-state index contributed by atoms with van der Waals surface area (Å²) in [6.45, 7) is 1.68. The molecule has 1 aromatic carbocycles. The molecular formula is C16H21NO6. The fraction of sp³-hybridized carbons (Fsp3) is 0.562. The molecule has 0 spiro atoms. The van der Waals surface area contributed by atoms with Gasteiger partial charge in [-0.3, -0.25) is 4.79 Å². The largest absolute Gasteiger partial charge is 0.386 e. The van der Waals surface area contributed by atoms with Gasteiger partial charge in [-0.25, -0.2) is 0 Å². The van der Waals surface area contributed by atoms with Crippen molar-refractivity contribution < 1.29 is 28.8 Å². The highest BCUT2D eigenvalue weighted by molar-refractivity contribution is 5.73. The van der Waals surface area contributed by atoms with Crippen molar-refractivity contribution in [2.24, 2.45) is 0 Å². The number of ether oxygens (including phenoxy) is 4. The summed E-state index contributed by atoms with van der Waals surface area (Å²) in [4.78, 5) is 11.5. The van der Waals surface area contributed by atoms with Crippen molar-refractivity contribution in [3.8, 4) is 0 Å². The number of benzene rings is 1. The Labute approximate surface area is 134 Å². The first-order chi connectivity index (χ1) is 11.1.